The van der Waals surface area contributed by atoms with Crippen LogP contribution in [-0.2, 0) is 5.41 Å². The van der Waals surface area contributed by atoms with E-state index in [1.165, 1.54) is 24.0 Å². The minimum atomic E-state index is 0.00631. The number of halogens is 1. The summed E-state index contributed by atoms with van der Waals surface area (Å²) in [5.41, 5.74) is 3.67. The molecule has 4 heteroatoms. The Morgan fingerprint density at radius 1 is 1.19 bits per heavy atom. The quantitative estimate of drug-likeness (QED) is 0.750. The normalized spacial score (nSPS) is 11.9. The van der Waals surface area contributed by atoms with Crippen LogP contribution in [0.2, 0.25) is 0 Å². The van der Waals surface area contributed by atoms with Crippen molar-refractivity contribution in [1.82, 2.24) is 14.8 Å². The maximum absolute atomic E-state index is 4.45. The molecule has 0 N–H and O–H groups in total. The summed E-state index contributed by atoms with van der Waals surface area (Å²) in [6, 6.07) is 6.49. The molecule has 0 radical (unpaired) electrons. The van der Waals surface area contributed by atoms with Gasteiger partial charge in [-0.15, -0.1) is 10.2 Å². The second-order valence-corrected chi connectivity index (χ2v) is 7.11. The highest BCUT2D eigenvalue weighted by Crippen LogP contribution is 2.32. The van der Waals surface area contributed by atoms with E-state index in [0.29, 0.717) is 0 Å². The van der Waals surface area contributed by atoms with Crippen molar-refractivity contribution in [3.05, 3.63) is 39.9 Å². The first-order valence-electron chi connectivity index (χ1n) is 7.56. The van der Waals surface area contributed by atoms with Gasteiger partial charge in [0.05, 0.1) is 5.69 Å². The first-order valence-corrected chi connectivity index (χ1v) is 8.35. The van der Waals surface area contributed by atoms with Crippen LogP contribution in [0.15, 0.2) is 22.9 Å². The first-order chi connectivity index (χ1) is 9.86. The third kappa shape index (κ3) is 3.37. The summed E-state index contributed by atoms with van der Waals surface area (Å²) in [7, 11) is 0. The van der Waals surface area contributed by atoms with E-state index in [1.807, 2.05) is 0 Å². The summed E-state index contributed by atoms with van der Waals surface area (Å²) in [4.78, 5) is 0. The first kappa shape index (κ1) is 16.2. The molecule has 0 atom stereocenters. The second kappa shape index (κ2) is 6.30. The summed E-state index contributed by atoms with van der Waals surface area (Å²) in [5, 5.41) is 8.71. The Kier molecular flexibility index (Phi) is 4.87. The van der Waals surface area contributed by atoms with E-state index in [4.69, 9.17) is 0 Å². The summed E-state index contributed by atoms with van der Waals surface area (Å²) in [6.07, 6.45) is 3.51. The Balaban J connectivity index is 2.52. The number of benzene rings is 1. The highest BCUT2D eigenvalue weighted by atomic mass is 79.9. The average Bonchev–Trinajstić information content (AvgIpc) is 2.79. The van der Waals surface area contributed by atoms with Gasteiger partial charge in [0.25, 0.3) is 0 Å². The largest absolute Gasteiger partial charge is 0.273 e. The van der Waals surface area contributed by atoms with Gasteiger partial charge in [-0.3, -0.25) is 4.57 Å². The summed E-state index contributed by atoms with van der Waals surface area (Å²) in [6.45, 7) is 11.0. The fraction of sp³-hybridized carbons (Fsp3) is 0.529. The summed E-state index contributed by atoms with van der Waals surface area (Å²) in [5.74, 6) is 1.02. The van der Waals surface area contributed by atoms with Crippen molar-refractivity contribution >= 4 is 15.9 Å². The zero-order valence-electron chi connectivity index (χ0n) is 13.6. The third-order valence-electron chi connectivity index (χ3n) is 3.98. The van der Waals surface area contributed by atoms with Crippen LogP contribution in [0.25, 0.3) is 5.69 Å². The van der Waals surface area contributed by atoms with E-state index in [-0.39, 0.29) is 5.41 Å². The minimum Gasteiger partial charge on any atom is -0.273 e. The molecule has 0 amide bonds. The Labute approximate surface area is 135 Å². The van der Waals surface area contributed by atoms with Crippen LogP contribution in [0.3, 0.4) is 0 Å². The molecule has 0 saturated heterocycles. The smallest absolute Gasteiger partial charge is 0.204 e. The van der Waals surface area contributed by atoms with E-state index in [0.717, 1.165) is 22.7 Å². The molecule has 3 nitrogen and oxygen atoms in total. The maximum Gasteiger partial charge on any atom is 0.204 e. The van der Waals surface area contributed by atoms with Gasteiger partial charge < -0.3 is 0 Å². The Hall–Kier alpha value is -1.16. The standard InChI is InChI=1S/C17H24BrN3/c1-6-7-10-17(4,5)15-19-20-16(18)21(15)14-9-8-12(2)11-13(14)3/h8-9,11H,6-7,10H2,1-5H3. The lowest BCUT2D eigenvalue weighted by molar-refractivity contribution is 0.424. The molecule has 0 saturated carbocycles. The molecule has 0 aliphatic rings. The molecule has 0 spiro atoms. The predicted octanol–water partition coefficient (Wildman–Crippen LogP) is 5.11. The zero-order valence-corrected chi connectivity index (χ0v) is 15.2. The van der Waals surface area contributed by atoms with Crippen molar-refractivity contribution in [2.75, 3.05) is 0 Å². The van der Waals surface area contributed by atoms with Gasteiger partial charge in [0, 0.05) is 5.41 Å². The molecular formula is C17H24BrN3. The molecule has 0 unspecified atom stereocenters. The fourth-order valence-electron chi connectivity index (χ4n) is 2.70. The molecular weight excluding hydrogens is 326 g/mol. The van der Waals surface area contributed by atoms with Gasteiger partial charge in [-0.25, -0.2) is 0 Å². The highest BCUT2D eigenvalue weighted by Gasteiger charge is 2.28. The van der Waals surface area contributed by atoms with E-state index in [9.17, 15) is 0 Å². The lowest BCUT2D eigenvalue weighted by Gasteiger charge is -2.25. The zero-order chi connectivity index (χ0) is 15.6. The fourth-order valence-corrected chi connectivity index (χ4v) is 3.14. The number of rotatable bonds is 5. The van der Waals surface area contributed by atoms with Crippen LogP contribution in [0.4, 0.5) is 0 Å². The number of hydrogen-bond acceptors (Lipinski definition) is 2. The van der Waals surface area contributed by atoms with Crippen molar-refractivity contribution in [2.24, 2.45) is 0 Å². The van der Waals surface area contributed by atoms with Crippen LogP contribution in [0, 0.1) is 13.8 Å². The minimum absolute atomic E-state index is 0.00631. The van der Waals surface area contributed by atoms with Crippen LogP contribution < -0.4 is 0 Å². The van der Waals surface area contributed by atoms with Crippen molar-refractivity contribution in [3.63, 3.8) is 0 Å². The molecule has 1 heterocycles. The molecule has 2 rings (SSSR count). The Morgan fingerprint density at radius 3 is 2.52 bits per heavy atom. The number of unbranched alkanes of at least 4 members (excludes halogenated alkanes) is 1. The van der Waals surface area contributed by atoms with Crippen molar-refractivity contribution in [3.8, 4) is 5.69 Å². The van der Waals surface area contributed by atoms with Gasteiger partial charge in [-0.1, -0.05) is 51.3 Å². The lowest BCUT2D eigenvalue weighted by atomic mass is 9.86. The molecule has 21 heavy (non-hydrogen) atoms. The van der Waals surface area contributed by atoms with Gasteiger partial charge >= 0.3 is 0 Å². The molecule has 0 bridgehead atoms. The Morgan fingerprint density at radius 2 is 1.90 bits per heavy atom. The SMILES string of the molecule is CCCCC(C)(C)c1nnc(Br)n1-c1ccc(C)cc1C. The third-order valence-corrected chi connectivity index (χ3v) is 4.49. The average molecular weight is 350 g/mol. The van der Waals surface area contributed by atoms with Crippen LogP contribution >= 0.6 is 15.9 Å². The van der Waals surface area contributed by atoms with Crippen LogP contribution in [0.1, 0.15) is 57.0 Å². The summed E-state index contributed by atoms with van der Waals surface area (Å²) >= 11 is 3.56. The van der Waals surface area contributed by atoms with Gasteiger partial charge in [0.15, 0.2) is 0 Å². The highest BCUT2D eigenvalue weighted by molar-refractivity contribution is 9.10. The van der Waals surface area contributed by atoms with Gasteiger partial charge in [-0.2, -0.15) is 0 Å². The molecule has 1 aromatic heterocycles. The Bertz CT molecular complexity index is 629. The van der Waals surface area contributed by atoms with Gasteiger partial charge in [0.1, 0.15) is 5.82 Å². The summed E-state index contributed by atoms with van der Waals surface area (Å²) < 4.78 is 2.92. The van der Waals surface area contributed by atoms with E-state index in [1.54, 1.807) is 0 Å². The molecule has 0 aliphatic heterocycles. The molecule has 0 aliphatic carbocycles. The molecule has 1 aromatic carbocycles. The van der Waals surface area contributed by atoms with E-state index < -0.39 is 0 Å². The number of nitrogens with zero attached hydrogens (tertiary/aromatic N) is 3. The molecule has 114 valence electrons. The molecule has 2 aromatic rings. The number of aromatic nitrogens is 3. The topological polar surface area (TPSA) is 30.7 Å². The number of aryl methyl sites for hydroxylation is 2. The van der Waals surface area contributed by atoms with Crippen LogP contribution in [-0.4, -0.2) is 14.8 Å². The lowest BCUT2D eigenvalue weighted by Crippen LogP contribution is -2.23. The maximum atomic E-state index is 4.45. The molecule has 0 fully saturated rings. The van der Waals surface area contributed by atoms with E-state index >= 15 is 0 Å². The van der Waals surface area contributed by atoms with Gasteiger partial charge in [0.2, 0.25) is 4.73 Å². The van der Waals surface area contributed by atoms with Crippen molar-refractivity contribution in [2.45, 2.75) is 59.3 Å². The number of hydrogen-bond donors (Lipinski definition) is 0. The van der Waals surface area contributed by atoms with E-state index in [2.05, 4.69) is 83.5 Å². The van der Waals surface area contributed by atoms with Crippen molar-refractivity contribution < 1.29 is 0 Å². The van der Waals surface area contributed by atoms with Crippen LogP contribution in [0.5, 0.6) is 0 Å². The van der Waals surface area contributed by atoms with Crippen molar-refractivity contribution in [1.29, 1.82) is 0 Å². The van der Waals surface area contributed by atoms with Gasteiger partial charge in [-0.05, 0) is 47.8 Å². The predicted molar refractivity (Wildman–Crippen MR) is 91.1 cm³/mol. The monoisotopic (exact) mass is 349 g/mol. The second-order valence-electron chi connectivity index (χ2n) is 6.41.